The van der Waals surface area contributed by atoms with Gasteiger partial charge in [0.05, 0.1) is 5.69 Å². The number of aromatic nitrogens is 2. The van der Waals surface area contributed by atoms with Gasteiger partial charge in [0.15, 0.2) is 0 Å². The number of anilines is 2. The number of rotatable bonds is 6. The van der Waals surface area contributed by atoms with Crippen molar-refractivity contribution in [2.24, 2.45) is 5.14 Å². The van der Waals surface area contributed by atoms with Crippen LogP contribution in [0.25, 0.3) is 11.0 Å². The number of nitrogens with two attached hydrogens (primary N) is 1. The van der Waals surface area contributed by atoms with Crippen LogP contribution in [0, 0.1) is 0 Å². The summed E-state index contributed by atoms with van der Waals surface area (Å²) < 4.78 is 24.1. The molecule has 2 heterocycles. The van der Waals surface area contributed by atoms with Crippen LogP contribution in [0.2, 0.25) is 0 Å². The molecule has 25 heavy (non-hydrogen) atoms. The van der Waals surface area contributed by atoms with Crippen LogP contribution in [-0.4, -0.2) is 24.9 Å². The predicted molar refractivity (Wildman–Crippen MR) is 96.9 cm³/mol. The number of hydrogen-bond acceptors (Lipinski definition) is 5. The Hall–Kier alpha value is -2.75. The SMILES string of the molecule is NS(=O)(=O)NCCc1cccc(Nc2ccnc3[nH]c(=O)ccc23)c1. The first-order valence-electron chi connectivity index (χ1n) is 7.52. The monoisotopic (exact) mass is 359 g/mol. The van der Waals surface area contributed by atoms with Crippen molar-refractivity contribution in [2.45, 2.75) is 6.42 Å². The number of H-pyrrole nitrogens is 1. The minimum absolute atomic E-state index is 0.207. The van der Waals surface area contributed by atoms with Crippen molar-refractivity contribution < 1.29 is 8.42 Å². The number of fused-ring (bicyclic) bond motifs is 1. The molecule has 0 aliphatic carbocycles. The first kappa shape index (κ1) is 17.1. The summed E-state index contributed by atoms with van der Waals surface area (Å²) in [5, 5.41) is 9.00. The molecule has 0 aliphatic heterocycles. The van der Waals surface area contributed by atoms with Gasteiger partial charge in [-0.3, -0.25) is 4.79 Å². The van der Waals surface area contributed by atoms with Gasteiger partial charge in [0.2, 0.25) is 5.56 Å². The van der Waals surface area contributed by atoms with E-state index in [2.05, 4.69) is 20.0 Å². The summed E-state index contributed by atoms with van der Waals surface area (Å²) in [5.74, 6) is 0. The molecule has 5 N–H and O–H groups in total. The van der Waals surface area contributed by atoms with E-state index in [9.17, 15) is 13.2 Å². The molecule has 1 aromatic carbocycles. The van der Waals surface area contributed by atoms with E-state index in [-0.39, 0.29) is 12.1 Å². The van der Waals surface area contributed by atoms with E-state index in [1.54, 1.807) is 12.3 Å². The highest BCUT2D eigenvalue weighted by Gasteiger charge is 2.05. The van der Waals surface area contributed by atoms with Crippen molar-refractivity contribution in [2.75, 3.05) is 11.9 Å². The van der Waals surface area contributed by atoms with Crippen LogP contribution in [-0.2, 0) is 16.6 Å². The zero-order valence-electron chi connectivity index (χ0n) is 13.2. The smallest absolute Gasteiger partial charge is 0.274 e. The summed E-state index contributed by atoms with van der Waals surface area (Å²) in [6.07, 6.45) is 2.12. The number of nitrogens with one attached hydrogen (secondary N) is 3. The number of hydrogen-bond donors (Lipinski definition) is 4. The largest absolute Gasteiger partial charge is 0.355 e. The Morgan fingerprint density at radius 1 is 1.16 bits per heavy atom. The van der Waals surface area contributed by atoms with E-state index < -0.39 is 10.2 Å². The van der Waals surface area contributed by atoms with E-state index in [1.165, 1.54) is 6.07 Å². The summed E-state index contributed by atoms with van der Waals surface area (Å²) in [7, 11) is -3.68. The lowest BCUT2D eigenvalue weighted by Gasteiger charge is -2.10. The van der Waals surface area contributed by atoms with Crippen molar-refractivity contribution in [1.82, 2.24) is 14.7 Å². The average Bonchev–Trinajstić information content (AvgIpc) is 2.54. The second-order valence-corrected chi connectivity index (χ2v) is 6.84. The highest BCUT2D eigenvalue weighted by atomic mass is 32.2. The fourth-order valence-electron chi connectivity index (χ4n) is 2.47. The minimum atomic E-state index is -3.68. The van der Waals surface area contributed by atoms with Crippen molar-refractivity contribution in [3.8, 4) is 0 Å². The molecule has 0 aliphatic rings. The van der Waals surface area contributed by atoms with Crippen molar-refractivity contribution >= 4 is 32.6 Å². The predicted octanol–water partition coefficient (Wildman–Crippen LogP) is 1.00. The Kier molecular flexibility index (Phi) is 4.79. The number of nitrogens with zero attached hydrogens (tertiary/aromatic N) is 1. The molecular formula is C16H17N5O3S. The van der Waals surface area contributed by atoms with Crippen LogP contribution in [0.5, 0.6) is 0 Å². The second kappa shape index (κ2) is 7.01. The van der Waals surface area contributed by atoms with Crippen LogP contribution in [0.3, 0.4) is 0 Å². The number of pyridine rings is 2. The average molecular weight is 359 g/mol. The van der Waals surface area contributed by atoms with Gasteiger partial charge >= 0.3 is 0 Å². The minimum Gasteiger partial charge on any atom is -0.355 e. The molecule has 130 valence electrons. The lowest BCUT2D eigenvalue weighted by molar-refractivity contribution is 0.583. The molecule has 8 nitrogen and oxygen atoms in total. The van der Waals surface area contributed by atoms with Crippen molar-refractivity contribution in [1.29, 1.82) is 0 Å². The molecule has 9 heteroatoms. The summed E-state index contributed by atoms with van der Waals surface area (Å²) in [6.45, 7) is 0.224. The Morgan fingerprint density at radius 2 is 2.00 bits per heavy atom. The van der Waals surface area contributed by atoms with E-state index >= 15 is 0 Å². The third-order valence-corrected chi connectivity index (χ3v) is 4.16. The Labute approximate surface area is 144 Å². The molecule has 3 rings (SSSR count). The second-order valence-electron chi connectivity index (χ2n) is 5.46. The fourth-order valence-corrected chi connectivity index (χ4v) is 2.85. The van der Waals surface area contributed by atoms with Crippen LogP contribution in [0.4, 0.5) is 11.4 Å². The van der Waals surface area contributed by atoms with Crippen LogP contribution in [0.1, 0.15) is 5.56 Å². The van der Waals surface area contributed by atoms with Crippen molar-refractivity contribution in [3.63, 3.8) is 0 Å². The third-order valence-electron chi connectivity index (χ3n) is 3.56. The third kappa shape index (κ3) is 4.63. The Balaban J connectivity index is 1.80. The number of benzene rings is 1. The quantitative estimate of drug-likeness (QED) is 0.522. The van der Waals surface area contributed by atoms with Gasteiger partial charge in [-0.1, -0.05) is 12.1 Å². The van der Waals surface area contributed by atoms with E-state index in [0.29, 0.717) is 12.1 Å². The van der Waals surface area contributed by atoms with Gasteiger partial charge in [0.25, 0.3) is 10.2 Å². The van der Waals surface area contributed by atoms with Gasteiger partial charge in [-0.15, -0.1) is 0 Å². The molecule has 0 saturated carbocycles. The zero-order chi connectivity index (χ0) is 17.9. The normalized spacial score (nSPS) is 11.6. The lowest BCUT2D eigenvalue weighted by Crippen LogP contribution is -2.32. The summed E-state index contributed by atoms with van der Waals surface area (Å²) >= 11 is 0. The highest BCUT2D eigenvalue weighted by Crippen LogP contribution is 2.23. The first-order valence-corrected chi connectivity index (χ1v) is 9.07. The molecule has 0 fully saturated rings. The van der Waals surface area contributed by atoms with Crippen LogP contribution in [0.15, 0.2) is 53.5 Å². The van der Waals surface area contributed by atoms with Gasteiger partial charge < -0.3 is 10.3 Å². The summed E-state index contributed by atoms with van der Waals surface area (Å²) in [6, 6.07) is 12.6. The topological polar surface area (TPSA) is 130 Å². The Morgan fingerprint density at radius 3 is 2.80 bits per heavy atom. The van der Waals surface area contributed by atoms with Crippen LogP contribution < -0.4 is 20.7 Å². The fraction of sp³-hybridized carbons (Fsp3) is 0.125. The van der Waals surface area contributed by atoms with E-state index in [4.69, 9.17) is 5.14 Å². The van der Waals surface area contributed by atoms with E-state index in [0.717, 1.165) is 22.3 Å². The molecule has 0 saturated heterocycles. The van der Waals surface area contributed by atoms with Crippen LogP contribution >= 0.6 is 0 Å². The molecule has 0 unspecified atom stereocenters. The standard InChI is InChI=1S/C16H17N5O3S/c17-25(23,24)19-9-6-11-2-1-3-12(10-11)20-14-7-8-18-16-13(14)4-5-15(22)21-16/h1-5,7-8,10,19H,6,9H2,(H2,17,23,24)(H2,18,20,21,22). The molecular weight excluding hydrogens is 342 g/mol. The Bertz CT molecular complexity index is 1060. The molecule has 0 spiro atoms. The van der Waals surface area contributed by atoms with Gasteiger partial charge in [0, 0.05) is 29.9 Å². The van der Waals surface area contributed by atoms with Gasteiger partial charge in [-0.05, 0) is 36.2 Å². The van der Waals surface area contributed by atoms with Crippen molar-refractivity contribution in [3.05, 3.63) is 64.6 Å². The maximum atomic E-state index is 11.4. The van der Waals surface area contributed by atoms with Gasteiger partial charge in [-0.2, -0.15) is 8.42 Å². The highest BCUT2D eigenvalue weighted by molar-refractivity contribution is 7.87. The maximum Gasteiger partial charge on any atom is 0.274 e. The molecule has 2 aromatic heterocycles. The summed E-state index contributed by atoms with van der Waals surface area (Å²) in [5.41, 5.74) is 2.90. The van der Waals surface area contributed by atoms with E-state index in [1.807, 2.05) is 30.3 Å². The van der Waals surface area contributed by atoms with Gasteiger partial charge in [-0.25, -0.2) is 14.8 Å². The number of aromatic amines is 1. The maximum absolute atomic E-state index is 11.4. The molecule has 0 amide bonds. The zero-order valence-corrected chi connectivity index (χ0v) is 14.0. The molecule has 0 atom stereocenters. The summed E-state index contributed by atoms with van der Waals surface area (Å²) in [4.78, 5) is 18.2. The molecule has 3 aromatic rings. The molecule has 0 bridgehead atoms. The van der Waals surface area contributed by atoms with Gasteiger partial charge in [0.1, 0.15) is 5.65 Å². The first-order chi connectivity index (χ1) is 11.9. The lowest BCUT2D eigenvalue weighted by atomic mass is 10.1. The molecule has 0 radical (unpaired) electrons.